The lowest BCUT2D eigenvalue weighted by atomic mass is 9.98. The molecule has 6 nitrogen and oxygen atoms in total. The first-order valence-electron chi connectivity index (χ1n) is 8.23. The highest BCUT2D eigenvalue weighted by Gasteiger charge is 2.21. The van der Waals surface area contributed by atoms with E-state index in [4.69, 9.17) is 4.42 Å². The molecule has 0 bridgehead atoms. The van der Waals surface area contributed by atoms with Gasteiger partial charge in [-0.1, -0.05) is 0 Å². The fourth-order valence-electron chi connectivity index (χ4n) is 3.25. The van der Waals surface area contributed by atoms with Crippen LogP contribution in [0, 0.1) is 5.92 Å². The topological polar surface area (TPSA) is 62.8 Å². The number of amides is 1. The monoisotopic (exact) mass is 344 g/mol. The summed E-state index contributed by atoms with van der Waals surface area (Å²) in [6.45, 7) is 3.61. The van der Waals surface area contributed by atoms with Crippen molar-refractivity contribution in [1.82, 2.24) is 19.6 Å². The van der Waals surface area contributed by atoms with Gasteiger partial charge in [0.25, 0.3) is 5.91 Å². The predicted molar refractivity (Wildman–Crippen MR) is 92.1 cm³/mol. The average Bonchev–Trinajstić information content (AvgIpc) is 3.29. The molecular formula is C17H20N4O2S. The Morgan fingerprint density at radius 2 is 2.46 bits per heavy atom. The molecule has 0 radical (unpaired) electrons. The van der Waals surface area contributed by atoms with Gasteiger partial charge in [0.15, 0.2) is 4.96 Å². The quantitative estimate of drug-likeness (QED) is 0.773. The number of fused-ring (bicyclic) bond motifs is 1. The van der Waals surface area contributed by atoms with Crippen LogP contribution in [0.25, 0.3) is 4.96 Å². The van der Waals surface area contributed by atoms with E-state index in [1.165, 1.54) is 11.3 Å². The highest BCUT2D eigenvalue weighted by atomic mass is 32.1. The van der Waals surface area contributed by atoms with E-state index in [2.05, 4.69) is 15.2 Å². The first-order valence-corrected chi connectivity index (χ1v) is 9.11. The Morgan fingerprint density at radius 3 is 3.29 bits per heavy atom. The van der Waals surface area contributed by atoms with Crippen LogP contribution in [0.15, 0.2) is 40.6 Å². The second kappa shape index (κ2) is 6.78. The third-order valence-electron chi connectivity index (χ3n) is 4.44. The Kier molecular flexibility index (Phi) is 4.36. The zero-order valence-corrected chi connectivity index (χ0v) is 14.2. The third kappa shape index (κ3) is 3.37. The van der Waals surface area contributed by atoms with Crippen molar-refractivity contribution in [3.63, 3.8) is 0 Å². The average molecular weight is 344 g/mol. The van der Waals surface area contributed by atoms with E-state index in [0.29, 0.717) is 18.2 Å². The van der Waals surface area contributed by atoms with Crippen molar-refractivity contribution < 1.29 is 9.21 Å². The van der Waals surface area contributed by atoms with Gasteiger partial charge in [0.1, 0.15) is 11.5 Å². The highest BCUT2D eigenvalue weighted by Crippen LogP contribution is 2.18. The molecule has 1 unspecified atom stereocenters. The number of hydrogen-bond acceptors (Lipinski definition) is 5. The molecule has 1 fully saturated rings. The van der Waals surface area contributed by atoms with Crippen LogP contribution >= 0.6 is 11.3 Å². The SMILES string of the molecule is O=C(NCC1CCCN(Cc2ccco2)C1)c1cn2ccsc2n1. The lowest BCUT2D eigenvalue weighted by molar-refractivity contribution is 0.0924. The molecule has 0 aromatic carbocycles. The number of piperidine rings is 1. The maximum Gasteiger partial charge on any atom is 0.271 e. The van der Waals surface area contributed by atoms with E-state index < -0.39 is 0 Å². The summed E-state index contributed by atoms with van der Waals surface area (Å²) in [4.78, 5) is 19.9. The van der Waals surface area contributed by atoms with Gasteiger partial charge in [0.2, 0.25) is 0 Å². The second-order valence-corrected chi connectivity index (χ2v) is 7.12. The van der Waals surface area contributed by atoms with Gasteiger partial charge in [-0.25, -0.2) is 4.98 Å². The number of carbonyl (C=O) groups excluding carboxylic acids is 1. The molecule has 3 aromatic rings. The van der Waals surface area contributed by atoms with Crippen molar-refractivity contribution in [3.8, 4) is 0 Å². The standard InChI is InChI=1S/C17H20N4O2S/c22-16(15-12-21-6-8-24-17(21)19-15)18-9-13-3-1-5-20(10-13)11-14-4-2-7-23-14/h2,4,6-8,12-13H,1,3,5,9-11H2,(H,18,22). The molecule has 1 atom stereocenters. The smallest absolute Gasteiger partial charge is 0.271 e. The van der Waals surface area contributed by atoms with Crippen LogP contribution < -0.4 is 5.32 Å². The molecule has 1 saturated heterocycles. The van der Waals surface area contributed by atoms with Crippen LogP contribution in [-0.4, -0.2) is 39.8 Å². The van der Waals surface area contributed by atoms with Gasteiger partial charge >= 0.3 is 0 Å². The number of thiazole rings is 1. The summed E-state index contributed by atoms with van der Waals surface area (Å²) in [5, 5.41) is 5.00. The van der Waals surface area contributed by atoms with Crippen molar-refractivity contribution in [3.05, 3.63) is 47.6 Å². The first kappa shape index (κ1) is 15.4. The Balaban J connectivity index is 1.30. The second-order valence-electron chi connectivity index (χ2n) is 6.25. The number of imidazole rings is 1. The number of rotatable bonds is 5. The molecule has 4 rings (SSSR count). The van der Waals surface area contributed by atoms with Gasteiger partial charge in [0, 0.05) is 30.9 Å². The summed E-state index contributed by atoms with van der Waals surface area (Å²) in [5.74, 6) is 1.38. The van der Waals surface area contributed by atoms with E-state index in [1.807, 2.05) is 28.1 Å². The largest absolute Gasteiger partial charge is 0.468 e. The Labute approximate surface area is 144 Å². The lowest BCUT2D eigenvalue weighted by Gasteiger charge is -2.32. The van der Waals surface area contributed by atoms with E-state index in [0.717, 1.165) is 43.2 Å². The zero-order valence-electron chi connectivity index (χ0n) is 13.4. The summed E-state index contributed by atoms with van der Waals surface area (Å²) in [6.07, 6.45) is 7.71. The highest BCUT2D eigenvalue weighted by molar-refractivity contribution is 7.15. The normalized spacial score (nSPS) is 18.9. The third-order valence-corrected chi connectivity index (χ3v) is 5.21. The Morgan fingerprint density at radius 1 is 1.50 bits per heavy atom. The van der Waals surface area contributed by atoms with Crippen LogP contribution in [0.1, 0.15) is 29.1 Å². The Hall–Kier alpha value is -2.12. The molecule has 1 N–H and O–H groups in total. The van der Waals surface area contributed by atoms with Crippen molar-refractivity contribution in [2.75, 3.05) is 19.6 Å². The summed E-state index contributed by atoms with van der Waals surface area (Å²) in [6, 6.07) is 3.93. The number of nitrogens with zero attached hydrogens (tertiary/aromatic N) is 3. The summed E-state index contributed by atoms with van der Waals surface area (Å²) >= 11 is 1.53. The van der Waals surface area contributed by atoms with Crippen molar-refractivity contribution in [2.45, 2.75) is 19.4 Å². The van der Waals surface area contributed by atoms with Crippen LogP contribution in [-0.2, 0) is 6.54 Å². The maximum atomic E-state index is 12.3. The van der Waals surface area contributed by atoms with Gasteiger partial charge in [-0.15, -0.1) is 11.3 Å². The molecule has 1 aliphatic heterocycles. The molecule has 1 amide bonds. The summed E-state index contributed by atoms with van der Waals surface area (Å²) in [5.41, 5.74) is 0.491. The minimum absolute atomic E-state index is 0.0888. The van der Waals surface area contributed by atoms with Crippen LogP contribution in [0.4, 0.5) is 0 Å². The molecule has 0 saturated carbocycles. The molecule has 0 aliphatic carbocycles. The minimum Gasteiger partial charge on any atom is -0.468 e. The van der Waals surface area contributed by atoms with Crippen LogP contribution in [0.5, 0.6) is 0 Å². The fourth-order valence-corrected chi connectivity index (χ4v) is 3.95. The van der Waals surface area contributed by atoms with Crippen molar-refractivity contribution in [1.29, 1.82) is 0 Å². The molecule has 126 valence electrons. The number of nitrogens with one attached hydrogen (secondary N) is 1. The predicted octanol–water partition coefficient (Wildman–Crippen LogP) is 2.63. The van der Waals surface area contributed by atoms with E-state index >= 15 is 0 Å². The van der Waals surface area contributed by atoms with E-state index in [1.54, 1.807) is 12.5 Å². The zero-order chi connectivity index (χ0) is 16.4. The Bertz CT molecular complexity index is 779. The van der Waals surface area contributed by atoms with Crippen LogP contribution in [0.2, 0.25) is 0 Å². The number of furan rings is 1. The summed E-state index contributed by atoms with van der Waals surface area (Å²) in [7, 11) is 0. The fraction of sp³-hybridized carbons (Fsp3) is 0.412. The van der Waals surface area contributed by atoms with Gasteiger partial charge in [-0.2, -0.15) is 0 Å². The number of carbonyl (C=O) groups is 1. The lowest BCUT2D eigenvalue weighted by Crippen LogP contribution is -2.40. The number of hydrogen-bond donors (Lipinski definition) is 1. The van der Waals surface area contributed by atoms with Gasteiger partial charge in [0.05, 0.1) is 12.8 Å². The number of aromatic nitrogens is 2. The van der Waals surface area contributed by atoms with E-state index in [9.17, 15) is 4.79 Å². The van der Waals surface area contributed by atoms with Crippen molar-refractivity contribution >= 4 is 22.2 Å². The first-order chi connectivity index (χ1) is 11.8. The maximum absolute atomic E-state index is 12.3. The minimum atomic E-state index is -0.0888. The molecule has 1 aliphatic rings. The van der Waals surface area contributed by atoms with Crippen molar-refractivity contribution in [2.24, 2.45) is 5.92 Å². The van der Waals surface area contributed by atoms with Gasteiger partial charge in [-0.05, 0) is 37.4 Å². The molecule has 3 aromatic heterocycles. The number of likely N-dealkylation sites (tertiary alicyclic amines) is 1. The molecule has 24 heavy (non-hydrogen) atoms. The summed E-state index contributed by atoms with van der Waals surface area (Å²) < 4.78 is 7.31. The van der Waals surface area contributed by atoms with Crippen LogP contribution in [0.3, 0.4) is 0 Å². The molecule has 0 spiro atoms. The molecule has 4 heterocycles. The molecule has 7 heteroatoms. The van der Waals surface area contributed by atoms with Gasteiger partial charge in [-0.3, -0.25) is 14.1 Å². The van der Waals surface area contributed by atoms with E-state index in [-0.39, 0.29) is 5.91 Å². The van der Waals surface area contributed by atoms with Gasteiger partial charge < -0.3 is 9.73 Å². The molecular weight excluding hydrogens is 324 g/mol.